The van der Waals surface area contributed by atoms with Gasteiger partial charge in [-0.05, 0) is 36.4 Å². The minimum absolute atomic E-state index is 0.652. The van der Waals surface area contributed by atoms with Crippen LogP contribution >= 0.6 is 0 Å². The predicted octanol–water partition coefficient (Wildman–Crippen LogP) is 2.76. The second-order valence-corrected chi connectivity index (χ2v) is 3.12. The molecule has 2 aromatic rings. The molecule has 0 unspecified atom stereocenters. The fraction of sp³-hybridized carbons (Fsp3) is 0.0833. The summed E-state index contributed by atoms with van der Waals surface area (Å²) in [6.07, 6.45) is 1.65. The molecule has 0 saturated heterocycles. The average Bonchev–Trinajstić information content (AvgIpc) is 2.80. The van der Waals surface area contributed by atoms with E-state index in [-0.39, 0.29) is 0 Å². The second kappa shape index (κ2) is 4.34. The van der Waals surface area contributed by atoms with E-state index in [1.54, 1.807) is 18.4 Å². The van der Waals surface area contributed by atoms with E-state index in [1.807, 2.05) is 24.3 Å². The average molecular weight is 198 g/mol. The van der Waals surface area contributed by atoms with E-state index in [1.165, 1.54) is 0 Å². The number of anilines is 1. The molecule has 0 amide bonds. The highest BCUT2D eigenvalue weighted by molar-refractivity contribution is 5.47. The number of nitriles is 1. The highest BCUT2D eigenvalue weighted by Crippen LogP contribution is 2.10. The van der Waals surface area contributed by atoms with E-state index >= 15 is 0 Å². The molecule has 0 saturated carbocycles. The lowest BCUT2D eigenvalue weighted by Crippen LogP contribution is -1.97. The zero-order valence-corrected chi connectivity index (χ0v) is 8.10. The van der Waals surface area contributed by atoms with Gasteiger partial charge in [-0.2, -0.15) is 5.26 Å². The topological polar surface area (TPSA) is 49.0 Å². The third kappa shape index (κ3) is 2.38. The molecule has 1 aromatic heterocycles. The van der Waals surface area contributed by atoms with Crippen LogP contribution in [0.1, 0.15) is 11.3 Å². The quantitative estimate of drug-likeness (QED) is 0.824. The van der Waals surface area contributed by atoms with Gasteiger partial charge in [-0.15, -0.1) is 0 Å². The Hall–Kier alpha value is -2.21. The van der Waals surface area contributed by atoms with Crippen molar-refractivity contribution in [2.45, 2.75) is 6.54 Å². The summed E-state index contributed by atoms with van der Waals surface area (Å²) in [5, 5.41) is 11.8. The fourth-order valence-corrected chi connectivity index (χ4v) is 1.26. The Labute approximate surface area is 88.0 Å². The fourth-order valence-electron chi connectivity index (χ4n) is 1.26. The Morgan fingerprint density at radius 2 is 2.00 bits per heavy atom. The summed E-state index contributed by atoms with van der Waals surface area (Å²) in [5.74, 6) is 0.888. The molecule has 74 valence electrons. The molecule has 0 aliphatic carbocycles. The summed E-state index contributed by atoms with van der Waals surface area (Å²) >= 11 is 0. The standard InChI is InChI=1S/C12H10N2O/c13-8-10-3-5-11(6-4-10)14-9-12-2-1-7-15-12/h1-7,14H,9H2. The van der Waals surface area contributed by atoms with Gasteiger partial charge in [0.1, 0.15) is 5.76 Å². The van der Waals surface area contributed by atoms with Gasteiger partial charge in [-0.25, -0.2) is 0 Å². The first-order chi connectivity index (χ1) is 7.38. The van der Waals surface area contributed by atoms with E-state index in [0.717, 1.165) is 11.4 Å². The van der Waals surface area contributed by atoms with Gasteiger partial charge in [-0.1, -0.05) is 0 Å². The number of hydrogen-bond donors (Lipinski definition) is 1. The Balaban J connectivity index is 1.97. The Bertz CT molecular complexity index is 451. The minimum atomic E-state index is 0.652. The van der Waals surface area contributed by atoms with E-state index in [4.69, 9.17) is 9.68 Å². The first-order valence-corrected chi connectivity index (χ1v) is 4.65. The third-order valence-corrected chi connectivity index (χ3v) is 2.06. The lowest BCUT2D eigenvalue weighted by molar-refractivity contribution is 0.518. The van der Waals surface area contributed by atoms with E-state index in [9.17, 15) is 0 Å². The van der Waals surface area contributed by atoms with Crippen LogP contribution in [0.15, 0.2) is 47.1 Å². The Kier molecular flexibility index (Phi) is 2.70. The molecule has 0 aliphatic rings. The molecule has 15 heavy (non-hydrogen) atoms. The van der Waals surface area contributed by atoms with Crippen molar-refractivity contribution in [1.82, 2.24) is 0 Å². The van der Waals surface area contributed by atoms with Crippen molar-refractivity contribution in [2.24, 2.45) is 0 Å². The Morgan fingerprint density at radius 1 is 1.20 bits per heavy atom. The molecular formula is C12H10N2O. The Morgan fingerprint density at radius 3 is 2.60 bits per heavy atom. The molecule has 3 heteroatoms. The lowest BCUT2D eigenvalue weighted by atomic mass is 10.2. The number of benzene rings is 1. The molecule has 3 nitrogen and oxygen atoms in total. The lowest BCUT2D eigenvalue weighted by Gasteiger charge is -2.03. The summed E-state index contributed by atoms with van der Waals surface area (Å²) in [4.78, 5) is 0. The second-order valence-electron chi connectivity index (χ2n) is 3.12. The van der Waals surface area contributed by atoms with Crippen LogP contribution in [-0.4, -0.2) is 0 Å². The molecule has 0 radical (unpaired) electrons. The van der Waals surface area contributed by atoms with Crippen molar-refractivity contribution in [3.8, 4) is 6.07 Å². The van der Waals surface area contributed by atoms with Crippen LogP contribution in [0.3, 0.4) is 0 Å². The first kappa shape index (κ1) is 9.35. The molecule has 2 rings (SSSR count). The van der Waals surface area contributed by atoms with Crippen LogP contribution in [0.5, 0.6) is 0 Å². The van der Waals surface area contributed by atoms with Gasteiger partial charge in [0, 0.05) is 5.69 Å². The number of furan rings is 1. The minimum Gasteiger partial charge on any atom is -0.467 e. The number of nitrogens with zero attached hydrogens (tertiary/aromatic N) is 1. The van der Waals surface area contributed by atoms with Crippen molar-refractivity contribution in [3.63, 3.8) is 0 Å². The molecular weight excluding hydrogens is 188 g/mol. The monoisotopic (exact) mass is 198 g/mol. The van der Waals surface area contributed by atoms with Crippen LogP contribution in [0.4, 0.5) is 5.69 Å². The van der Waals surface area contributed by atoms with Gasteiger partial charge < -0.3 is 9.73 Å². The van der Waals surface area contributed by atoms with Crippen molar-refractivity contribution in [2.75, 3.05) is 5.32 Å². The van der Waals surface area contributed by atoms with E-state index < -0.39 is 0 Å². The van der Waals surface area contributed by atoms with Crippen LogP contribution in [0.25, 0.3) is 0 Å². The highest BCUT2D eigenvalue weighted by Gasteiger charge is 1.96. The molecule has 0 atom stereocenters. The van der Waals surface area contributed by atoms with Gasteiger partial charge >= 0.3 is 0 Å². The van der Waals surface area contributed by atoms with Gasteiger partial charge in [0.15, 0.2) is 0 Å². The van der Waals surface area contributed by atoms with Crippen LogP contribution in [0, 0.1) is 11.3 Å². The normalized spacial score (nSPS) is 9.53. The molecule has 0 spiro atoms. The van der Waals surface area contributed by atoms with Crippen molar-refractivity contribution in [3.05, 3.63) is 54.0 Å². The molecule has 0 bridgehead atoms. The highest BCUT2D eigenvalue weighted by atomic mass is 16.3. The number of nitrogens with one attached hydrogen (secondary N) is 1. The molecule has 1 heterocycles. The van der Waals surface area contributed by atoms with Gasteiger partial charge in [-0.3, -0.25) is 0 Å². The summed E-state index contributed by atoms with van der Waals surface area (Å²) in [6.45, 7) is 0.652. The molecule has 0 fully saturated rings. The smallest absolute Gasteiger partial charge is 0.122 e. The van der Waals surface area contributed by atoms with Crippen molar-refractivity contribution >= 4 is 5.69 Å². The van der Waals surface area contributed by atoms with Crippen molar-refractivity contribution in [1.29, 1.82) is 5.26 Å². The van der Waals surface area contributed by atoms with Crippen LogP contribution in [-0.2, 0) is 6.54 Å². The maximum Gasteiger partial charge on any atom is 0.122 e. The molecule has 1 N–H and O–H groups in total. The maximum absolute atomic E-state index is 8.62. The summed E-state index contributed by atoms with van der Waals surface area (Å²) in [5.41, 5.74) is 1.64. The molecule has 1 aromatic carbocycles. The van der Waals surface area contributed by atoms with Crippen LogP contribution in [0.2, 0.25) is 0 Å². The molecule has 0 aliphatic heterocycles. The van der Waals surface area contributed by atoms with Crippen LogP contribution < -0.4 is 5.32 Å². The van der Waals surface area contributed by atoms with E-state index in [0.29, 0.717) is 12.1 Å². The van der Waals surface area contributed by atoms with Gasteiger partial charge in [0.05, 0.1) is 24.4 Å². The maximum atomic E-state index is 8.62. The zero-order chi connectivity index (χ0) is 10.5. The predicted molar refractivity (Wildman–Crippen MR) is 57.2 cm³/mol. The number of rotatable bonds is 3. The SMILES string of the molecule is N#Cc1ccc(NCc2ccco2)cc1. The number of hydrogen-bond acceptors (Lipinski definition) is 3. The van der Waals surface area contributed by atoms with Crippen molar-refractivity contribution < 1.29 is 4.42 Å². The summed E-state index contributed by atoms with van der Waals surface area (Å²) in [7, 11) is 0. The van der Waals surface area contributed by atoms with Gasteiger partial charge in [0.25, 0.3) is 0 Å². The zero-order valence-electron chi connectivity index (χ0n) is 8.10. The van der Waals surface area contributed by atoms with Gasteiger partial charge in [0.2, 0.25) is 0 Å². The van der Waals surface area contributed by atoms with E-state index in [2.05, 4.69) is 11.4 Å². The largest absolute Gasteiger partial charge is 0.467 e. The summed E-state index contributed by atoms with van der Waals surface area (Å²) < 4.78 is 5.19. The summed E-state index contributed by atoms with van der Waals surface area (Å²) in [6, 6.07) is 13.2. The third-order valence-electron chi connectivity index (χ3n) is 2.06. The first-order valence-electron chi connectivity index (χ1n) is 4.65.